The van der Waals surface area contributed by atoms with Crippen molar-refractivity contribution in [2.45, 2.75) is 39.0 Å². The molecule has 0 spiro atoms. The number of rotatable bonds is 4. The van der Waals surface area contributed by atoms with E-state index in [-0.39, 0.29) is 17.6 Å². The maximum absolute atomic E-state index is 11.4. The molecule has 1 heterocycles. The van der Waals surface area contributed by atoms with Crippen LogP contribution in [-0.4, -0.2) is 28.3 Å². The maximum Gasteiger partial charge on any atom is 0.346 e. The van der Waals surface area contributed by atoms with Crippen LogP contribution in [0.15, 0.2) is 24.3 Å². The van der Waals surface area contributed by atoms with E-state index in [2.05, 4.69) is 5.32 Å². The molecule has 1 saturated carbocycles. The van der Waals surface area contributed by atoms with Gasteiger partial charge in [-0.1, -0.05) is 32.0 Å². The molecule has 0 bridgehead atoms. The van der Waals surface area contributed by atoms with Gasteiger partial charge in [0.25, 0.3) is 0 Å². The predicted molar refractivity (Wildman–Crippen MR) is 83.8 cm³/mol. The van der Waals surface area contributed by atoms with Crippen LogP contribution in [0.4, 0.5) is 0 Å². The molecule has 2 atom stereocenters. The van der Waals surface area contributed by atoms with Crippen molar-refractivity contribution in [1.82, 2.24) is 5.32 Å². The summed E-state index contributed by atoms with van der Waals surface area (Å²) in [5.74, 6) is -0.874. The summed E-state index contributed by atoms with van der Waals surface area (Å²) < 4.78 is 1.000. The summed E-state index contributed by atoms with van der Waals surface area (Å²) in [6, 6.07) is 7.99. The van der Waals surface area contributed by atoms with Crippen molar-refractivity contribution in [2.24, 2.45) is 5.41 Å². The number of carbonyl (C=O) groups is 1. The number of aliphatic hydroxyl groups is 1. The molecule has 1 aromatic heterocycles. The zero-order chi connectivity index (χ0) is 15.2. The fraction of sp³-hybridized carbons (Fsp3) is 0.438. The molecule has 2 aromatic rings. The Morgan fingerprint density at radius 1 is 1.43 bits per heavy atom. The summed E-state index contributed by atoms with van der Waals surface area (Å²) in [6.45, 7) is 4.58. The first kappa shape index (κ1) is 14.5. The molecule has 1 fully saturated rings. The zero-order valence-electron chi connectivity index (χ0n) is 12.1. The van der Waals surface area contributed by atoms with Gasteiger partial charge in [-0.2, -0.15) is 0 Å². The van der Waals surface area contributed by atoms with Gasteiger partial charge in [-0.25, -0.2) is 4.79 Å². The number of hydrogen-bond acceptors (Lipinski definition) is 4. The average molecular weight is 305 g/mol. The lowest BCUT2D eigenvalue weighted by Gasteiger charge is -2.49. The molecule has 2 unspecified atom stereocenters. The van der Waals surface area contributed by atoms with E-state index < -0.39 is 5.97 Å². The second-order valence-electron chi connectivity index (χ2n) is 6.22. The lowest BCUT2D eigenvalue weighted by Crippen LogP contribution is -2.59. The molecule has 0 saturated heterocycles. The van der Waals surface area contributed by atoms with Crippen molar-refractivity contribution in [3.05, 3.63) is 34.7 Å². The molecule has 0 radical (unpaired) electrons. The summed E-state index contributed by atoms with van der Waals surface area (Å²) in [7, 11) is 0. The number of fused-ring (bicyclic) bond motifs is 1. The standard InChI is InChI=1S/C16H19NO3S/c1-16(2)12(7-13(16)18)17-8-10-9-5-3-4-6-11(9)21-14(10)15(19)20/h3-6,12-13,17-18H,7-8H2,1-2H3,(H,19,20). The van der Waals surface area contributed by atoms with Gasteiger partial charge in [-0.15, -0.1) is 11.3 Å². The van der Waals surface area contributed by atoms with E-state index in [0.717, 1.165) is 22.1 Å². The number of hydrogen-bond donors (Lipinski definition) is 3. The van der Waals surface area contributed by atoms with Crippen LogP contribution in [0.3, 0.4) is 0 Å². The molecular formula is C16H19NO3S. The molecule has 5 heteroatoms. The first-order valence-corrected chi connectivity index (χ1v) is 7.88. The third-order valence-electron chi connectivity index (χ3n) is 4.63. The SMILES string of the molecule is CC1(C)C(O)CC1NCc1c(C(=O)O)sc2ccccc12. The number of carboxylic acids is 1. The van der Waals surface area contributed by atoms with E-state index in [1.807, 2.05) is 38.1 Å². The fourth-order valence-corrected chi connectivity index (χ4v) is 3.98. The highest BCUT2D eigenvalue weighted by Crippen LogP contribution is 2.41. The first-order chi connectivity index (χ1) is 9.91. The molecule has 1 aliphatic carbocycles. The summed E-state index contributed by atoms with van der Waals surface area (Å²) in [6.07, 6.45) is 0.436. The Labute approximate surface area is 127 Å². The normalized spacial score (nSPS) is 24.0. The van der Waals surface area contributed by atoms with Crippen molar-refractivity contribution in [2.75, 3.05) is 0 Å². The molecule has 4 nitrogen and oxygen atoms in total. The second-order valence-corrected chi connectivity index (χ2v) is 7.27. The van der Waals surface area contributed by atoms with Crippen molar-refractivity contribution < 1.29 is 15.0 Å². The molecule has 21 heavy (non-hydrogen) atoms. The summed E-state index contributed by atoms with van der Waals surface area (Å²) in [5.41, 5.74) is 0.690. The van der Waals surface area contributed by atoms with Gasteiger partial charge in [0.1, 0.15) is 4.88 Å². The Morgan fingerprint density at radius 3 is 2.76 bits per heavy atom. The number of nitrogens with one attached hydrogen (secondary N) is 1. The number of aromatic carboxylic acids is 1. The molecule has 0 aliphatic heterocycles. The summed E-state index contributed by atoms with van der Waals surface area (Å²) in [4.78, 5) is 11.8. The van der Waals surface area contributed by atoms with Gasteiger partial charge in [0.2, 0.25) is 0 Å². The average Bonchev–Trinajstić information content (AvgIpc) is 2.82. The number of carboxylic acid groups (broad SMARTS) is 1. The Hall–Kier alpha value is -1.43. The minimum Gasteiger partial charge on any atom is -0.477 e. The van der Waals surface area contributed by atoms with Crippen molar-refractivity contribution in [1.29, 1.82) is 0 Å². The molecule has 3 rings (SSSR count). The van der Waals surface area contributed by atoms with Crippen LogP contribution in [0.1, 0.15) is 35.5 Å². The van der Waals surface area contributed by atoms with E-state index in [4.69, 9.17) is 0 Å². The van der Waals surface area contributed by atoms with E-state index in [1.54, 1.807) is 0 Å². The van der Waals surface area contributed by atoms with E-state index >= 15 is 0 Å². The van der Waals surface area contributed by atoms with Gasteiger partial charge in [0, 0.05) is 22.7 Å². The fourth-order valence-electron chi connectivity index (χ4n) is 2.92. The lowest BCUT2D eigenvalue weighted by atomic mass is 9.64. The minimum absolute atomic E-state index is 0.158. The molecule has 1 aromatic carbocycles. The van der Waals surface area contributed by atoms with Gasteiger partial charge < -0.3 is 15.5 Å². The third-order valence-corrected chi connectivity index (χ3v) is 5.83. The highest BCUT2D eigenvalue weighted by Gasteiger charge is 2.46. The Bertz CT molecular complexity index is 692. The van der Waals surface area contributed by atoms with E-state index in [9.17, 15) is 15.0 Å². The van der Waals surface area contributed by atoms with E-state index in [0.29, 0.717) is 11.4 Å². The number of thiophene rings is 1. The maximum atomic E-state index is 11.4. The number of benzene rings is 1. The van der Waals surface area contributed by atoms with Gasteiger partial charge in [-0.3, -0.25) is 0 Å². The van der Waals surface area contributed by atoms with Gasteiger partial charge in [0.05, 0.1) is 6.10 Å². The highest BCUT2D eigenvalue weighted by molar-refractivity contribution is 7.21. The van der Waals surface area contributed by atoms with Crippen LogP contribution in [0.5, 0.6) is 0 Å². The van der Waals surface area contributed by atoms with Crippen LogP contribution >= 0.6 is 11.3 Å². The zero-order valence-corrected chi connectivity index (χ0v) is 12.9. The number of aliphatic hydroxyl groups excluding tert-OH is 1. The van der Waals surface area contributed by atoms with Crippen LogP contribution in [0.2, 0.25) is 0 Å². The van der Waals surface area contributed by atoms with Crippen LogP contribution in [0.25, 0.3) is 10.1 Å². The van der Waals surface area contributed by atoms with Crippen LogP contribution in [0, 0.1) is 5.41 Å². The Balaban J connectivity index is 1.86. The summed E-state index contributed by atoms with van der Waals surface area (Å²) >= 11 is 1.32. The highest BCUT2D eigenvalue weighted by atomic mass is 32.1. The first-order valence-electron chi connectivity index (χ1n) is 7.06. The molecule has 3 N–H and O–H groups in total. The topological polar surface area (TPSA) is 69.6 Å². The Morgan fingerprint density at radius 2 is 2.14 bits per heavy atom. The molecule has 112 valence electrons. The second kappa shape index (κ2) is 5.09. The molecular weight excluding hydrogens is 286 g/mol. The van der Waals surface area contributed by atoms with Crippen molar-refractivity contribution >= 4 is 27.4 Å². The third kappa shape index (κ3) is 2.35. The summed E-state index contributed by atoms with van der Waals surface area (Å²) in [5, 5.41) is 23.6. The van der Waals surface area contributed by atoms with E-state index in [1.165, 1.54) is 11.3 Å². The quantitative estimate of drug-likeness (QED) is 0.812. The van der Waals surface area contributed by atoms with Gasteiger partial charge in [0.15, 0.2) is 0 Å². The molecule has 1 aliphatic rings. The van der Waals surface area contributed by atoms with Gasteiger partial charge >= 0.3 is 5.97 Å². The Kier molecular flexibility index (Phi) is 3.51. The van der Waals surface area contributed by atoms with Crippen LogP contribution < -0.4 is 5.32 Å². The molecule has 0 amide bonds. The predicted octanol–water partition coefficient (Wildman–Crippen LogP) is 2.85. The van der Waals surface area contributed by atoms with Gasteiger partial charge in [-0.05, 0) is 23.4 Å². The minimum atomic E-state index is -0.874. The lowest BCUT2D eigenvalue weighted by molar-refractivity contribution is -0.0729. The van der Waals surface area contributed by atoms with Crippen LogP contribution in [-0.2, 0) is 6.54 Å². The monoisotopic (exact) mass is 305 g/mol. The smallest absolute Gasteiger partial charge is 0.346 e. The van der Waals surface area contributed by atoms with Crippen molar-refractivity contribution in [3.8, 4) is 0 Å². The van der Waals surface area contributed by atoms with Crippen molar-refractivity contribution in [3.63, 3.8) is 0 Å². The largest absolute Gasteiger partial charge is 0.477 e.